The summed E-state index contributed by atoms with van der Waals surface area (Å²) in [5.74, 6) is 0.781. The molecule has 1 aliphatic heterocycles. The summed E-state index contributed by atoms with van der Waals surface area (Å²) in [6, 6.07) is 2.30. The van der Waals surface area contributed by atoms with Gasteiger partial charge in [-0.15, -0.1) is 0 Å². The van der Waals surface area contributed by atoms with Crippen molar-refractivity contribution in [2.45, 2.75) is 13.0 Å². The molecule has 0 saturated carbocycles. The molecule has 0 bridgehead atoms. The number of aldehydes is 1. The number of nitrogen functional groups attached to an aromatic ring is 1. The predicted octanol–water partition coefficient (Wildman–Crippen LogP) is 2.59. The Morgan fingerprint density at radius 3 is 2.87 bits per heavy atom. The average Bonchev–Trinajstić information content (AvgIpc) is 3.09. The lowest BCUT2D eigenvalue weighted by atomic mass is 10.2. The molecule has 0 radical (unpaired) electrons. The molecular formula is C19H23BrN8O2. The van der Waals surface area contributed by atoms with Crippen molar-refractivity contribution in [2.24, 2.45) is 0 Å². The van der Waals surface area contributed by atoms with Gasteiger partial charge in [-0.3, -0.25) is 9.69 Å². The molecule has 10 nitrogen and oxygen atoms in total. The highest BCUT2D eigenvalue weighted by Crippen LogP contribution is 2.32. The minimum absolute atomic E-state index is 0.277. The Bertz CT molecular complexity index is 1040. The highest BCUT2D eigenvalue weighted by molar-refractivity contribution is 9.10. The van der Waals surface area contributed by atoms with Crippen LogP contribution >= 0.6 is 15.9 Å². The number of nitrogens with one attached hydrogen (secondary N) is 3. The van der Waals surface area contributed by atoms with Crippen LogP contribution in [0.4, 0.5) is 17.3 Å². The van der Waals surface area contributed by atoms with Crippen LogP contribution < -0.4 is 11.1 Å². The van der Waals surface area contributed by atoms with Crippen molar-refractivity contribution in [2.75, 3.05) is 37.9 Å². The SMILES string of the molecule is CC1COCCN1C.N=Cc1cc(Nc2ncnc3[nH]c(C=O)c(Br)c23)cnc1N. The lowest BCUT2D eigenvalue weighted by Crippen LogP contribution is -2.40. The van der Waals surface area contributed by atoms with Gasteiger partial charge in [0, 0.05) is 24.4 Å². The van der Waals surface area contributed by atoms with Gasteiger partial charge in [-0.25, -0.2) is 15.0 Å². The molecule has 3 aromatic rings. The second-order valence-corrected chi connectivity index (χ2v) is 7.58. The highest BCUT2D eigenvalue weighted by atomic mass is 79.9. The number of fused-ring (bicyclic) bond motifs is 1. The number of carbonyl (C=O) groups excluding carboxylic acids is 1. The number of H-pyrrole nitrogens is 1. The van der Waals surface area contributed by atoms with Gasteiger partial charge in [0.2, 0.25) is 0 Å². The summed E-state index contributed by atoms with van der Waals surface area (Å²) in [5.41, 5.74) is 7.69. The van der Waals surface area contributed by atoms with E-state index in [-0.39, 0.29) is 5.82 Å². The fraction of sp³-hybridized carbons (Fsp3) is 0.316. The average molecular weight is 475 g/mol. The molecule has 158 valence electrons. The summed E-state index contributed by atoms with van der Waals surface area (Å²) < 4.78 is 5.79. The van der Waals surface area contributed by atoms with E-state index in [2.05, 4.69) is 60.1 Å². The molecule has 0 aliphatic carbocycles. The summed E-state index contributed by atoms with van der Waals surface area (Å²) in [5, 5.41) is 11.0. The zero-order chi connectivity index (χ0) is 21.7. The van der Waals surface area contributed by atoms with Gasteiger partial charge in [-0.1, -0.05) is 0 Å². The Morgan fingerprint density at radius 2 is 2.23 bits per heavy atom. The van der Waals surface area contributed by atoms with Crippen molar-refractivity contribution in [1.82, 2.24) is 24.8 Å². The number of aromatic amines is 1. The maximum Gasteiger partial charge on any atom is 0.167 e. The third-order valence-corrected chi connectivity index (χ3v) is 5.57. The van der Waals surface area contributed by atoms with Crippen molar-refractivity contribution in [3.8, 4) is 0 Å². The first-order valence-corrected chi connectivity index (χ1v) is 10.0. The molecule has 4 heterocycles. The van der Waals surface area contributed by atoms with Crippen molar-refractivity contribution >= 4 is 56.8 Å². The second kappa shape index (κ2) is 9.74. The maximum absolute atomic E-state index is 11.0. The minimum atomic E-state index is 0.277. The topological polar surface area (TPSA) is 146 Å². The van der Waals surface area contributed by atoms with E-state index in [1.165, 1.54) is 12.5 Å². The minimum Gasteiger partial charge on any atom is -0.383 e. The molecule has 30 heavy (non-hydrogen) atoms. The molecule has 0 spiro atoms. The molecule has 1 atom stereocenters. The lowest BCUT2D eigenvalue weighted by molar-refractivity contribution is 0.0131. The monoisotopic (exact) mass is 474 g/mol. The van der Waals surface area contributed by atoms with Gasteiger partial charge in [0.15, 0.2) is 6.29 Å². The van der Waals surface area contributed by atoms with Crippen LogP contribution in [0.5, 0.6) is 0 Å². The number of ether oxygens (including phenoxy) is 1. The van der Waals surface area contributed by atoms with Gasteiger partial charge in [0.25, 0.3) is 0 Å². The van der Waals surface area contributed by atoms with Crippen molar-refractivity contribution < 1.29 is 9.53 Å². The van der Waals surface area contributed by atoms with Gasteiger partial charge < -0.3 is 26.2 Å². The number of halogens is 1. The highest BCUT2D eigenvalue weighted by Gasteiger charge is 2.15. The van der Waals surface area contributed by atoms with E-state index in [0.717, 1.165) is 26.0 Å². The Balaban J connectivity index is 0.000000269. The number of likely N-dealkylation sites (N-methyl/N-ethyl adjacent to an activating group) is 1. The zero-order valence-electron chi connectivity index (χ0n) is 16.6. The number of nitrogens with zero attached hydrogens (tertiary/aromatic N) is 4. The Labute approximate surface area is 181 Å². The molecule has 1 fully saturated rings. The van der Waals surface area contributed by atoms with Crippen molar-refractivity contribution in [3.05, 3.63) is 34.3 Å². The number of hydrogen-bond acceptors (Lipinski definition) is 9. The van der Waals surface area contributed by atoms with Crippen molar-refractivity contribution in [3.63, 3.8) is 0 Å². The summed E-state index contributed by atoms with van der Waals surface area (Å²) in [6.45, 7) is 5.07. The van der Waals surface area contributed by atoms with Crippen LogP contribution in [0.3, 0.4) is 0 Å². The summed E-state index contributed by atoms with van der Waals surface area (Å²) >= 11 is 3.36. The van der Waals surface area contributed by atoms with Gasteiger partial charge in [0.1, 0.15) is 23.6 Å². The third kappa shape index (κ3) is 4.81. The molecule has 1 unspecified atom stereocenters. The fourth-order valence-corrected chi connectivity index (χ4v) is 3.37. The zero-order valence-corrected chi connectivity index (χ0v) is 18.2. The Kier molecular flexibility index (Phi) is 7.08. The second-order valence-electron chi connectivity index (χ2n) is 6.79. The van der Waals surface area contributed by atoms with Crippen LogP contribution in [0, 0.1) is 5.41 Å². The fourth-order valence-electron chi connectivity index (χ4n) is 2.80. The summed E-state index contributed by atoms with van der Waals surface area (Å²) in [4.78, 5) is 28.5. The van der Waals surface area contributed by atoms with Crippen molar-refractivity contribution in [1.29, 1.82) is 5.41 Å². The Hall–Kier alpha value is -2.89. The van der Waals surface area contributed by atoms with Crippen LogP contribution in [0.1, 0.15) is 23.0 Å². The first-order chi connectivity index (χ1) is 14.4. The van der Waals surface area contributed by atoms with E-state index in [1.807, 2.05) is 0 Å². The normalized spacial score (nSPS) is 16.6. The number of hydrogen-bond donors (Lipinski definition) is 4. The molecule has 1 saturated heterocycles. The number of aromatic nitrogens is 4. The number of rotatable bonds is 4. The largest absolute Gasteiger partial charge is 0.383 e. The molecule has 5 N–H and O–H groups in total. The third-order valence-electron chi connectivity index (χ3n) is 4.74. The number of pyridine rings is 1. The van der Waals surface area contributed by atoms with E-state index < -0.39 is 0 Å². The van der Waals surface area contributed by atoms with E-state index in [1.54, 1.807) is 6.07 Å². The number of nitrogens with two attached hydrogens (primary N) is 1. The summed E-state index contributed by atoms with van der Waals surface area (Å²) in [7, 11) is 2.13. The van der Waals surface area contributed by atoms with E-state index >= 15 is 0 Å². The lowest BCUT2D eigenvalue weighted by Gasteiger charge is -2.29. The van der Waals surface area contributed by atoms with Gasteiger partial charge in [0.05, 0.1) is 40.7 Å². The van der Waals surface area contributed by atoms with E-state index in [0.29, 0.717) is 50.6 Å². The molecule has 11 heteroatoms. The molecular weight excluding hydrogens is 452 g/mol. The first-order valence-electron chi connectivity index (χ1n) is 9.23. The van der Waals surface area contributed by atoms with Crippen LogP contribution in [-0.4, -0.2) is 70.2 Å². The standard InChI is InChI=1S/C13H10BrN7O.C6H13NO/c14-10-8(4-22)21-13-9(10)12(18-5-19-13)20-7-1-6(2-15)11(16)17-3-7;1-6-5-8-4-3-7(6)2/h1-5,15H,(H2,16,17)(H2,18,19,20,21);6H,3-5H2,1-2H3. The van der Waals surface area contributed by atoms with E-state index in [4.69, 9.17) is 15.9 Å². The predicted molar refractivity (Wildman–Crippen MR) is 120 cm³/mol. The molecule has 1 aliphatic rings. The number of carbonyl (C=O) groups is 1. The van der Waals surface area contributed by atoms with E-state index in [9.17, 15) is 4.79 Å². The summed E-state index contributed by atoms with van der Waals surface area (Å²) in [6.07, 6.45) is 4.75. The van der Waals surface area contributed by atoms with Gasteiger partial charge in [-0.05, 0) is 36.0 Å². The first kappa shape index (κ1) is 21.8. The molecule has 4 rings (SSSR count). The van der Waals surface area contributed by atoms with Gasteiger partial charge in [-0.2, -0.15) is 0 Å². The molecule has 0 amide bonds. The smallest absolute Gasteiger partial charge is 0.167 e. The molecule has 3 aromatic heterocycles. The van der Waals surface area contributed by atoms with Crippen LogP contribution in [0.25, 0.3) is 11.0 Å². The number of anilines is 3. The molecule has 0 aromatic carbocycles. The van der Waals surface area contributed by atoms with Crippen LogP contribution in [-0.2, 0) is 4.74 Å². The van der Waals surface area contributed by atoms with Gasteiger partial charge >= 0.3 is 0 Å². The Morgan fingerprint density at radius 1 is 1.43 bits per heavy atom. The number of morpholine rings is 1. The van der Waals surface area contributed by atoms with Crippen LogP contribution in [0.2, 0.25) is 0 Å². The maximum atomic E-state index is 11.0. The quantitative estimate of drug-likeness (QED) is 0.333. The van der Waals surface area contributed by atoms with Crippen LogP contribution in [0.15, 0.2) is 23.1 Å².